The monoisotopic (exact) mass is 355 g/mol. The summed E-state index contributed by atoms with van der Waals surface area (Å²) >= 11 is 6.26. The first kappa shape index (κ1) is 15.9. The van der Waals surface area contributed by atoms with Crippen LogP contribution in [0.3, 0.4) is 0 Å². The normalized spacial score (nSPS) is 15.0. The minimum Gasteiger partial charge on any atom is -0.340 e. The van der Waals surface area contributed by atoms with Gasteiger partial charge < -0.3 is 14.4 Å². The molecule has 0 radical (unpaired) electrons. The Hall–Kier alpha value is -2.60. The Morgan fingerprint density at radius 1 is 1.08 bits per heavy atom. The number of carbonyl (C=O) groups excluding carboxylic acids is 1. The van der Waals surface area contributed by atoms with Gasteiger partial charge in [-0.1, -0.05) is 17.7 Å². The lowest BCUT2D eigenvalue weighted by Gasteiger charge is -2.34. The van der Waals surface area contributed by atoms with E-state index in [1.54, 1.807) is 18.5 Å². The van der Waals surface area contributed by atoms with Crippen molar-refractivity contribution in [2.24, 2.45) is 7.05 Å². The number of fused-ring (bicyclic) bond motifs is 1. The van der Waals surface area contributed by atoms with Gasteiger partial charge in [-0.25, -0.2) is 9.97 Å². The molecule has 1 amide bonds. The molecule has 0 N–H and O–H groups in total. The summed E-state index contributed by atoms with van der Waals surface area (Å²) in [4.78, 5) is 25.5. The molecule has 0 aliphatic carbocycles. The van der Waals surface area contributed by atoms with Crippen LogP contribution >= 0.6 is 11.6 Å². The summed E-state index contributed by atoms with van der Waals surface area (Å²) in [5.41, 5.74) is 1.62. The summed E-state index contributed by atoms with van der Waals surface area (Å²) in [6, 6.07) is 9.40. The van der Waals surface area contributed by atoms with Crippen LogP contribution in [0.2, 0.25) is 5.02 Å². The third-order valence-electron chi connectivity index (χ3n) is 4.65. The third kappa shape index (κ3) is 2.82. The highest BCUT2D eigenvalue weighted by Gasteiger charge is 2.25. The quantitative estimate of drug-likeness (QED) is 0.709. The number of piperazine rings is 1. The number of aryl methyl sites for hydroxylation is 1. The average molecular weight is 356 g/mol. The van der Waals surface area contributed by atoms with Gasteiger partial charge in [-0.15, -0.1) is 0 Å². The molecule has 4 rings (SSSR count). The van der Waals surface area contributed by atoms with Gasteiger partial charge >= 0.3 is 0 Å². The van der Waals surface area contributed by atoms with Gasteiger partial charge in [0.25, 0.3) is 5.91 Å². The van der Waals surface area contributed by atoms with E-state index in [1.807, 2.05) is 40.8 Å². The number of amides is 1. The minimum absolute atomic E-state index is 0.0309. The van der Waals surface area contributed by atoms with Crippen molar-refractivity contribution < 1.29 is 4.79 Å². The summed E-state index contributed by atoms with van der Waals surface area (Å²) in [7, 11) is 1.90. The van der Waals surface area contributed by atoms with Gasteiger partial charge in [0, 0.05) is 61.5 Å². The molecule has 2 aromatic heterocycles. The lowest BCUT2D eigenvalue weighted by atomic mass is 10.2. The Morgan fingerprint density at radius 3 is 2.48 bits per heavy atom. The Labute approximate surface area is 150 Å². The lowest BCUT2D eigenvalue weighted by Crippen LogP contribution is -2.49. The van der Waals surface area contributed by atoms with E-state index in [0.717, 1.165) is 24.0 Å². The molecule has 1 saturated heterocycles. The van der Waals surface area contributed by atoms with Gasteiger partial charge in [0.05, 0.1) is 0 Å². The number of halogens is 1. The Kier molecular flexibility index (Phi) is 4.05. The van der Waals surface area contributed by atoms with Crippen molar-refractivity contribution in [3.05, 3.63) is 53.4 Å². The second-order valence-corrected chi connectivity index (χ2v) is 6.50. The van der Waals surface area contributed by atoms with E-state index in [0.29, 0.717) is 29.8 Å². The molecule has 128 valence electrons. The van der Waals surface area contributed by atoms with E-state index >= 15 is 0 Å². The molecule has 0 atom stereocenters. The number of nitrogens with zero attached hydrogens (tertiary/aromatic N) is 5. The van der Waals surface area contributed by atoms with E-state index < -0.39 is 0 Å². The van der Waals surface area contributed by atoms with Gasteiger partial charge in [-0.3, -0.25) is 4.79 Å². The highest BCUT2D eigenvalue weighted by molar-refractivity contribution is 6.35. The first-order valence-electron chi connectivity index (χ1n) is 8.20. The van der Waals surface area contributed by atoms with Crippen LogP contribution in [0.4, 0.5) is 5.95 Å². The van der Waals surface area contributed by atoms with Crippen LogP contribution in [0, 0.1) is 0 Å². The van der Waals surface area contributed by atoms with Crippen molar-refractivity contribution in [3.63, 3.8) is 0 Å². The second-order valence-electron chi connectivity index (χ2n) is 6.09. The number of hydrogen-bond donors (Lipinski definition) is 0. The summed E-state index contributed by atoms with van der Waals surface area (Å²) < 4.78 is 1.91. The van der Waals surface area contributed by atoms with Crippen LogP contribution in [0.25, 0.3) is 10.9 Å². The third-order valence-corrected chi connectivity index (χ3v) is 4.98. The standard InChI is InChI=1S/C18H18ClN5O/c1-22-15-5-2-4-14(19)13(15)12-16(22)17(25)23-8-10-24(11-9-23)18-20-6-3-7-21-18/h2-7,12H,8-11H2,1H3. The molecule has 1 aliphatic rings. The smallest absolute Gasteiger partial charge is 0.270 e. The highest BCUT2D eigenvalue weighted by Crippen LogP contribution is 2.27. The van der Waals surface area contributed by atoms with Crippen LogP contribution in [-0.4, -0.2) is 51.5 Å². The van der Waals surface area contributed by atoms with Crippen molar-refractivity contribution in [3.8, 4) is 0 Å². The maximum absolute atomic E-state index is 13.0. The summed E-state index contributed by atoms with van der Waals surface area (Å²) in [5.74, 6) is 0.745. The number of anilines is 1. The van der Waals surface area contributed by atoms with Crippen LogP contribution < -0.4 is 4.90 Å². The SMILES string of the molecule is Cn1c(C(=O)N2CCN(c3ncccn3)CC2)cc2c(Cl)cccc21. The molecular weight excluding hydrogens is 338 g/mol. The first-order valence-corrected chi connectivity index (χ1v) is 8.58. The van der Waals surface area contributed by atoms with Crippen LogP contribution in [0.1, 0.15) is 10.5 Å². The highest BCUT2D eigenvalue weighted by atomic mass is 35.5. The van der Waals surface area contributed by atoms with E-state index in [9.17, 15) is 4.79 Å². The maximum Gasteiger partial charge on any atom is 0.270 e. The zero-order chi connectivity index (χ0) is 17.4. The molecule has 3 aromatic rings. The zero-order valence-corrected chi connectivity index (χ0v) is 14.6. The Balaban J connectivity index is 1.53. The zero-order valence-electron chi connectivity index (χ0n) is 13.9. The van der Waals surface area contributed by atoms with E-state index in [2.05, 4.69) is 14.9 Å². The van der Waals surface area contributed by atoms with Crippen LogP contribution in [-0.2, 0) is 7.05 Å². The van der Waals surface area contributed by atoms with Crippen molar-refractivity contribution in [2.75, 3.05) is 31.1 Å². The van der Waals surface area contributed by atoms with Crippen molar-refractivity contribution in [2.45, 2.75) is 0 Å². The van der Waals surface area contributed by atoms with Crippen molar-refractivity contribution in [1.29, 1.82) is 0 Å². The van der Waals surface area contributed by atoms with E-state index in [1.165, 1.54) is 0 Å². The summed E-state index contributed by atoms with van der Waals surface area (Å²) in [6.07, 6.45) is 3.47. The molecule has 0 saturated carbocycles. The number of hydrogen-bond acceptors (Lipinski definition) is 4. The lowest BCUT2D eigenvalue weighted by molar-refractivity contribution is 0.0737. The fourth-order valence-corrected chi connectivity index (χ4v) is 3.48. The number of rotatable bonds is 2. The van der Waals surface area contributed by atoms with Crippen LogP contribution in [0.15, 0.2) is 42.7 Å². The summed E-state index contributed by atoms with van der Waals surface area (Å²) in [6.45, 7) is 2.74. The Morgan fingerprint density at radius 2 is 1.80 bits per heavy atom. The fraction of sp³-hybridized carbons (Fsp3) is 0.278. The van der Waals surface area contributed by atoms with Crippen molar-refractivity contribution >= 4 is 34.4 Å². The van der Waals surface area contributed by atoms with Gasteiger partial charge in [-0.2, -0.15) is 0 Å². The predicted octanol–water partition coefficient (Wildman–Crippen LogP) is 2.58. The van der Waals surface area contributed by atoms with Crippen LogP contribution in [0.5, 0.6) is 0 Å². The average Bonchev–Trinajstić information content (AvgIpc) is 3.00. The topological polar surface area (TPSA) is 54.3 Å². The maximum atomic E-state index is 13.0. The minimum atomic E-state index is 0.0309. The fourth-order valence-electron chi connectivity index (χ4n) is 3.26. The molecule has 3 heterocycles. The molecule has 0 bridgehead atoms. The van der Waals surface area contributed by atoms with Gasteiger partial charge in [0.1, 0.15) is 5.69 Å². The van der Waals surface area contributed by atoms with Gasteiger partial charge in [-0.05, 0) is 24.3 Å². The number of carbonyl (C=O) groups is 1. The van der Waals surface area contributed by atoms with Gasteiger partial charge in [0.15, 0.2) is 0 Å². The second kappa shape index (κ2) is 6.37. The largest absolute Gasteiger partial charge is 0.340 e. The predicted molar refractivity (Wildman–Crippen MR) is 98.1 cm³/mol. The number of benzene rings is 1. The van der Waals surface area contributed by atoms with Crippen molar-refractivity contribution in [1.82, 2.24) is 19.4 Å². The molecule has 0 spiro atoms. The molecular formula is C18H18ClN5O. The number of aromatic nitrogens is 3. The van der Waals surface area contributed by atoms with Gasteiger partial charge in [0.2, 0.25) is 5.95 Å². The molecule has 25 heavy (non-hydrogen) atoms. The van der Waals surface area contributed by atoms with E-state index in [4.69, 9.17) is 11.6 Å². The molecule has 0 unspecified atom stereocenters. The van der Waals surface area contributed by atoms with E-state index in [-0.39, 0.29) is 5.91 Å². The first-order chi connectivity index (χ1) is 12.1. The molecule has 1 aromatic carbocycles. The Bertz CT molecular complexity index is 916. The molecule has 1 aliphatic heterocycles. The molecule has 7 heteroatoms. The molecule has 6 nitrogen and oxygen atoms in total. The molecule has 1 fully saturated rings. The summed E-state index contributed by atoms with van der Waals surface area (Å²) in [5, 5.41) is 1.57.